The first-order chi connectivity index (χ1) is 9.31. The van der Waals surface area contributed by atoms with Gasteiger partial charge in [0.25, 0.3) is 0 Å². The molecular formula is C15H24N2O3. The van der Waals surface area contributed by atoms with Crippen LogP contribution in [0.3, 0.4) is 0 Å². The second kappa shape index (κ2) is 7.14. The standard InChI is InChI=1S/C15H24N2O3/c1-9(2)10(3)8-17-15(20)12(16)6-11-4-5-13(18)14(19)7-11/h4-5,7,9-10,12,18-19H,6,8,16H2,1-3H3,(H,17,20)/t10?,12-/m0/s1. The number of carbonyl (C=O) groups is 1. The van der Waals surface area contributed by atoms with Gasteiger partial charge in [-0.1, -0.05) is 26.8 Å². The Bertz CT molecular complexity index is 460. The Kier molecular flexibility index (Phi) is 5.82. The Hall–Kier alpha value is -1.75. The molecule has 112 valence electrons. The summed E-state index contributed by atoms with van der Waals surface area (Å²) < 4.78 is 0. The smallest absolute Gasteiger partial charge is 0.237 e. The maximum Gasteiger partial charge on any atom is 0.237 e. The van der Waals surface area contributed by atoms with Gasteiger partial charge in [-0.3, -0.25) is 4.79 Å². The summed E-state index contributed by atoms with van der Waals surface area (Å²) in [5.41, 5.74) is 6.55. The normalized spacial score (nSPS) is 14.1. The molecule has 0 aliphatic carbocycles. The average Bonchev–Trinajstić information content (AvgIpc) is 2.39. The Morgan fingerprint density at radius 2 is 1.90 bits per heavy atom. The molecule has 1 unspecified atom stereocenters. The summed E-state index contributed by atoms with van der Waals surface area (Å²) in [6.45, 7) is 6.89. The summed E-state index contributed by atoms with van der Waals surface area (Å²) in [5.74, 6) is 0.301. The summed E-state index contributed by atoms with van der Waals surface area (Å²) in [5, 5.41) is 21.5. The summed E-state index contributed by atoms with van der Waals surface area (Å²) in [4.78, 5) is 11.9. The van der Waals surface area contributed by atoms with Crippen LogP contribution < -0.4 is 11.1 Å². The van der Waals surface area contributed by atoms with E-state index in [0.717, 1.165) is 0 Å². The number of nitrogens with one attached hydrogen (secondary N) is 1. The first-order valence-electron chi connectivity index (χ1n) is 6.85. The maximum absolute atomic E-state index is 11.9. The van der Waals surface area contributed by atoms with E-state index >= 15 is 0 Å². The van der Waals surface area contributed by atoms with Crippen LogP contribution in [0.15, 0.2) is 18.2 Å². The van der Waals surface area contributed by atoms with Crippen molar-refractivity contribution in [2.75, 3.05) is 6.54 Å². The largest absolute Gasteiger partial charge is 0.504 e. The van der Waals surface area contributed by atoms with Gasteiger partial charge in [0.15, 0.2) is 11.5 Å². The highest BCUT2D eigenvalue weighted by molar-refractivity contribution is 5.81. The number of benzene rings is 1. The summed E-state index contributed by atoms with van der Waals surface area (Å²) in [7, 11) is 0. The SMILES string of the molecule is CC(C)C(C)CNC(=O)[C@@H](N)Cc1ccc(O)c(O)c1. The molecule has 0 bridgehead atoms. The number of phenolic OH excluding ortho intramolecular Hbond substituents is 2. The van der Waals surface area contributed by atoms with E-state index in [2.05, 4.69) is 26.1 Å². The number of aromatic hydroxyl groups is 2. The highest BCUT2D eigenvalue weighted by Crippen LogP contribution is 2.25. The molecule has 5 nitrogen and oxygen atoms in total. The van der Waals surface area contributed by atoms with Crippen molar-refractivity contribution in [1.82, 2.24) is 5.32 Å². The van der Waals surface area contributed by atoms with Crippen LogP contribution >= 0.6 is 0 Å². The van der Waals surface area contributed by atoms with Gasteiger partial charge in [0.05, 0.1) is 6.04 Å². The lowest BCUT2D eigenvalue weighted by molar-refractivity contribution is -0.122. The van der Waals surface area contributed by atoms with E-state index < -0.39 is 6.04 Å². The Labute approximate surface area is 119 Å². The predicted octanol–water partition coefficient (Wildman–Crippen LogP) is 1.38. The van der Waals surface area contributed by atoms with Gasteiger partial charge in [0, 0.05) is 6.54 Å². The van der Waals surface area contributed by atoms with Crippen LogP contribution in [0, 0.1) is 11.8 Å². The number of carbonyl (C=O) groups excluding carboxylic acids is 1. The van der Waals surface area contributed by atoms with Crippen molar-refractivity contribution in [2.45, 2.75) is 33.2 Å². The van der Waals surface area contributed by atoms with Crippen molar-refractivity contribution in [3.05, 3.63) is 23.8 Å². The van der Waals surface area contributed by atoms with Crippen LogP contribution in [0.2, 0.25) is 0 Å². The molecule has 5 N–H and O–H groups in total. The van der Waals surface area contributed by atoms with Crippen LogP contribution in [-0.2, 0) is 11.2 Å². The number of rotatable bonds is 6. The van der Waals surface area contributed by atoms with Gasteiger partial charge in [-0.25, -0.2) is 0 Å². The van der Waals surface area contributed by atoms with E-state index in [-0.39, 0.29) is 17.4 Å². The third kappa shape index (κ3) is 4.74. The number of phenols is 2. The van der Waals surface area contributed by atoms with E-state index in [9.17, 15) is 15.0 Å². The van der Waals surface area contributed by atoms with Crippen molar-refractivity contribution in [1.29, 1.82) is 0 Å². The van der Waals surface area contributed by atoms with Crippen LogP contribution in [0.1, 0.15) is 26.3 Å². The number of nitrogens with two attached hydrogens (primary N) is 1. The van der Waals surface area contributed by atoms with Crippen LogP contribution in [-0.4, -0.2) is 28.7 Å². The van der Waals surface area contributed by atoms with Crippen molar-refractivity contribution in [3.8, 4) is 11.5 Å². The molecule has 0 saturated carbocycles. The fourth-order valence-electron chi connectivity index (χ4n) is 1.67. The molecule has 0 radical (unpaired) electrons. The monoisotopic (exact) mass is 280 g/mol. The van der Waals surface area contributed by atoms with Crippen molar-refractivity contribution in [3.63, 3.8) is 0 Å². The van der Waals surface area contributed by atoms with Gasteiger partial charge in [0.1, 0.15) is 0 Å². The molecular weight excluding hydrogens is 256 g/mol. The van der Waals surface area contributed by atoms with Crippen LogP contribution in [0.5, 0.6) is 11.5 Å². The predicted molar refractivity (Wildman–Crippen MR) is 78.5 cm³/mol. The minimum absolute atomic E-state index is 0.183. The molecule has 1 rings (SSSR count). The van der Waals surface area contributed by atoms with E-state index in [1.165, 1.54) is 12.1 Å². The van der Waals surface area contributed by atoms with E-state index in [4.69, 9.17) is 5.73 Å². The summed E-state index contributed by atoms with van der Waals surface area (Å²) in [6, 6.07) is 3.77. The molecule has 1 aromatic carbocycles. The first kappa shape index (κ1) is 16.3. The van der Waals surface area contributed by atoms with Gasteiger partial charge >= 0.3 is 0 Å². The number of hydrogen-bond acceptors (Lipinski definition) is 4. The third-order valence-electron chi connectivity index (χ3n) is 3.57. The Morgan fingerprint density at radius 1 is 1.25 bits per heavy atom. The number of hydrogen-bond donors (Lipinski definition) is 4. The zero-order valence-electron chi connectivity index (χ0n) is 12.3. The van der Waals surface area contributed by atoms with E-state index in [1.54, 1.807) is 6.07 Å². The first-order valence-corrected chi connectivity index (χ1v) is 6.85. The molecule has 0 saturated heterocycles. The Morgan fingerprint density at radius 3 is 2.45 bits per heavy atom. The summed E-state index contributed by atoms with van der Waals surface area (Å²) >= 11 is 0. The molecule has 20 heavy (non-hydrogen) atoms. The van der Waals surface area contributed by atoms with Gasteiger partial charge in [-0.05, 0) is 36.0 Å². The molecule has 1 aromatic rings. The minimum Gasteiger partial charge on any atom is -0.504 e. The fourth-order valence-corrected chi connectivity index (χ4v) is 1.67. The molecule has 0 aliphatic rings. The fraction of sp³-hybridized carbons (Fsp3) is 0.533. The Balaban J connectivity index is 2.51. The zero-order chi connectivity index (χ0) is 15.3. The minimum atomic E-state index is -0.668. The lowest BCUT2D eigenvalue weighted by Crippen LogP contribution is -2.43. The van der Waals surface area contributed by atoms with E-state index in [0.29, 0.717) is 30.4 Å². The highest BCUT2D eigenvalue weighted by Gasteiger charge is 2.16. The third-order valence-corrected chi connectivity index (χ3v) is 3.57. The van der Waals surface area contributed by atoms with Gasteiger partial charge < -0.3 is 21.3 Å². The van der Waals surface area contributed by atoms with Crippen LogP contribution in [0.4, 0.5) is 0 Å². The molecule has 0 spiro atoms. The van der Waals surface area contributed by atoms with Gasteiger partial charge in [-0.2, -0.15) is 0 Å². The van der Waals surface area contributed by atoms with Gasteiger partial charge in [-0.15, -0.1) is 0 Å². The average molecular weight is 280 g/mol. The molecule has 0 fully saturated rings. The lowest BCUT2D eigenvalue weighted by Gasteiger charge is -2.18. The second-order valence-electron chi connectivity index (χ2n) is 5.60. The van der Waals surface area contributed by atoms with Gasteiger partial charge in [0.2, 0.25) is 5.91 Å². The molecule has 0 heterocycles. The quantitative estimate of drug-likeness (QED) is 0.592. The van der Waals surface area contributed by atoms with Crippen molar-refractivity contribution in [2.24, 2.45) is 17.6 Å². The van der Waals surface area contributed by atoms with Crippen molar-refractivity contribution >= 4 is 5.91 Å². The molecule has 5 heteroatoms. The van der Waals surface area contributed by atoms with E-state index in [1.807, 2.05) is 0 Å². The highest BCUT2D eigenvalue weighted by atomic mass is 16.3. The molecule has 2 atom stereocenters. The lowest BCUT2D eigenvalue weighted by atomic mass is 9.98. The number of amides is 1. The molecule has 0 aromatic heterocycles. The van der Waals surface area contributed by atoms with Crippen LogP contribution in [0.25, 0.3) is 0 Å². The summed E-state index contributed by atoms with van der Waals surface area (Å²) in [6.07, 6.45) is 0.315. The van der Waals surface area contributed by atoms with Crippen molar-refractivity contribution < 1.29 is 15.0 Å². The zero-order valence-corrected chi connectivity index (χ0v) is 12.3. The maximum atomic E-state index is 11.9. The molecule has 0 aliphatic heterocycles. The molecule has 1 amide bonds. The second-order valence-corrected chi connectivity index (χ2v) is 5.60. The topological polar surface area (TPSA) is 95.6 Å².